The van der Waals surface area contributed by atoms with Gasteiger partial charge in [0.05, 0.1) is 11.4 Å². The molecule has 0 amide bonds. The molecule has 0 radical (unpaired) electrons. The molecule has 4 N–H and O–H groups in total. The van der Waals surface area contributed by atoms with Crippen molar-refractivity contribution >= 4 is 17.3 Å². The number of carbonyl (C=O) groups is 1. The van der Waals surface area contributed by atoms with Crippen molar-refractivity contribution in [1.29, 1.82) is 0 Å². The summed E-state index contributed by atoms with van der Waals surface area (Å²) in [5.74, 6) is -0.827. The second-order valence-electron chi connectivity index (χ2n) is 9.70. The van der Waals surface area contributed by atoms with E-state index in [0.717, 1.165) is 68.3 Å². The Hall–Kier alpha value is -3.47. The fourth-order valence-corrected chi connectivity index (χ4v) is 5.02. The Bertz CT molecular complexity index is 1190. The Balaban J connectivity index is 1.26. The van der Waals surface area contributed by atoms with Crippen molar-refractivity contribution < 1.29 is 9.90 Å². The maximum absolute atomic E-state index is 11.7. The molecule has 0 aliphatic carbocycles. The highest BCUT2D eigenvalue weighted by molar-refractivity contribution is 7.07. The molecule has 1 atom stereocenters. The van der Waals surface area contributed by atoms with Gasteiger partial charge in [-0.25, -0.2) is 0 Å². The summed E-state index contributed by atoms with van der Waals surface area (Å²) in [5.41, 5.74) is 5.42. The molecule has 0 spiro atoms. The lowest BCUT2D eigenvalue weighted by atomic mass is 10.1. The predicted octanol–water partition coefficient (Wildman–Crippen LogP) is 3.71. The molecule has 9 heteroatoms. The topological polar surface area (TPSA) is 102 Å². The third-order valence-corrected chi connectivity index (χ3v) is 7.31. The molecular formula is C31H38N6O2S. The minimum Gasteiger partial charge on any atom is -0.480 e. The Kier molecular flexibility index (Phi) is 12.2. The van der Waals surface area contributed by atoms with Crippen LogP contribution in [0.4, 0.5) is 0 Å². The molecule has 3 aromatic heterocycles. The van der Waals surface area contributed by atoms with Crippen molar-refractivity contribution in [3.05, 3.63) is 118 Å². The Morgan fingerprint density at radius 2 is 1.43 bits per heavy atom. The lowest BCUT2D eigenvalue weighted by Gasteiger charge is -2.23. The molecule has 0 saturated carbocycles. The molecule has 1 unspecified atom stereocenters. The van der Waals surface area contributed by atoms with E-state index in [-0.39, 0.29) is 0 Å². The Morgan fingerprint density at radius 3 is 1.95 bits per heavy atom. The molecule has 8 nitrogen and oxygen atoms in total. The fraction of sp³-hybridized carbons (Fsp3) is 0.323. The number of hydrogen-bond acceptors (Lipinski definition) is 8. The van der Waals surface area contributed by atoms with Gasteiger partial charge < -0.3 is 21.1 Å². The fourth-order valence-electron chi connectivity index (χ4n) is 4.34. The van der Waals surface area contributed by atoms with E-state index >= 15 is 0 Å². The zero-order chi connectivity index (χ0) is 27.8. The summed E-state index contributed by atoms with van der Waals surface area (Å²) >= 11 is 1.59. The average Bonchev–Trinajstić information content (AvgIpc) is 3.50. The molecule has 4 rings (SSSR count). The summed E-state index contributed by atoms with van der Waals surface area (Å²) < 4.78 is 0. The predicted molar refractivity (Wildman–Crippen MR) is 160 cm³/mol. The molecule has 0 aliphatic heterocycles. The van der Waals surface area contributed by atoms with Crippen LogP contribution in [0.5, 0.6) is 0 Å². The van der Waals surface area contributed by atoms with Crippen molar-refractivity contribution in [1.82, 2.24) is 30.8 Å². The van der Waals surface area contributed by atoms with Gasteiger partial charge in [-0.2, -0.15) is 11.3 Å². The number of thiophene rings is 1. The smallest absolute Gasteiger partial charge is 0.321 e. The summed E-state index contributed by atoms with van der Waals surface area (Å²) in [7, 11) is 0. The van der Waals surface area contributed by atoms with Crippen LogP contribution in [0.15, 0.2) is 89.9 Å². The summed E-state index contributed by atoms with van der Waals surface area (Å²) in [6.45, 7) is 6.38. The van der Waals surface area contributed by atoms with Gasteiger partial charge in [0.2, 0.25) is 0 Å². The monoisotopic (exact) mass is 558 g/mol. The molecule has 1 aromatic carbocycles. The number of carboxylic acid groups (broad SMARTS) is 1. The molecule has 0 bridgehead atoms. The van der Waals surface area contributed by atoms with Crippen LogP contribution in [0.25, 0.3) is 0 Å². The summed E-state index contributed by atoms with van der Waals surface area (Å²) in [6.07, 6.45) is 4.12. The number of nitrogens with one attached hydrogen (secondary N) is 3. The Morgan fingerprint density at radius 1 is 0.800 bits per heavy atom. The molecule has 0 saturated heterocycles. The Labute approximate surface area is 240 Å². The van der Waals surface area contributed by atoms with Crippen LogP contribution in [0, 0.1) is 0 Å². The van der Waals surface area contributed by atoms with Gasteiger partial charge in [0.15, 0.2) is 0 Å². The van der Waals surface area contributed by atoms with Crippen LogP contribution in [-0.4, -0.2) is 58.2 Å². The van der Waals surface area contributed by atoms with E-state index in [0.29, 0.717) is 13.0 Å². The van der Waals surface area contributed by atoms with Gasteiger partial charge in [-0.05, 0) is 64.2 Å². The van der Waals surface area contributed by atoms with Crippen LogP contribution in [0.2, 0.25) is 0 Å². The molecule has 3 heterocycles. The van der Waals surface area contributed by atoms with Gasteiger partial charge in [0, 0.05) is 64.8 Å². The SMILES string of the molecule is O=C(O)C(Cc1ccsc1)NCc1ccc(CN(CCNCc2ccccn2)CCNCc2ccccn2)cc1. The number of aliphatic carboxylic acids is 1. The number of nitrogens with zero attached hydrogens (tertiary/aromatic N) is 3. The van der Waals surface area contributed by atoms with Gasteiger partial charge >= 0.3 is 5.97 Å². The highest BCUT2D eigenvalue weighted by atomic mass is 32.1. The second-order valence-corrected chi connectivity index (χ2v) is 10.5. The molecule has 210 valence electrons. The largest absolute Gasteiger partial charge is 0.480 e. The zero-order valence-corrected chi connectivity index (χ0v) is 23.5. The normalized spacial score (nSPS) is 12.0. The number of benzene rings is 1. The first-order valence-electron chi connectivity index (χ1n) is 13.6. The van der Waals surface area contributed by atoms with Gasteiger partial charge in [0.25, 0.3) is 0 Å². The first kappa shape index (κ1) is 29.5. The maximum Gasteiger partial charge on any atom is 0.321 e. The lowest BCUT2D eigenvalue weighted by Crippen LogP contribution is -2.38. The number of hydrogen-bond donors (Lipinski definition) is 4. The van der Waals surface area contributed by atoms with Crippen LogP contribution < -0.4 is 16.0 Å². The van der Waals surface area contributed by atoms with E-state index < -0.39 is 12.0 Å². The maximum atomic E-state index is 11.7. The highest BCUT2D eigenvalue weighted by Gasteiger charge is 2.17. The number of pyridine rings is 2. The van der Waals surface area contributed by atoms with Crippen LogP contribution in [-0.2, 0) is 37.4 Å². The quantitative estimate of drug-likeness (QED) is 0.137. The zero-order valence-electron chi connectivity index (χ0n) is 22.7. The van der Waals surface area contributed by atoms with E-state index in [4.69, 9.17) is 0 Å². The van der Waals surface area contributed by atoms with E-state index in [1.165, 1.54) is 5.56 Å². The third kappa shape index (κ3) is 10.6. The minimum absolute atomic E-state index is 0.481. The van der Waals surface area contributed by atoms with Crippen molar-refractivity contribution in [2.45, 2.75) is 38.6 Å². The minimum atomic E-state index is -0.827. The number of carboxylic acids is 1. The first-order valence-corrected chi connectivity index (χ1v) is 14.6. The van der Waals surface area contributed by atoms with E-state index in [1.807, 2.05) is 65.6 Å². The molecule has 4 aromatic rings. The van der Waals surface area contributed by atoms with Gasteiger partial charge in [-0.3, -0.25) is 19.7 Å². The second kappa shape index (κ2) is 16.6. The number of rotatable bonds is 18. The van der Waals surface area contributed by atoms with Crippen molar-refractivity contribution in [3.8, 4) is 0 Å². The van der Waals surface area contributed by atoms with Gasteiger partial charge in [-0.1, -0.05) is 36.4 Å². The molecular weight excluding hydrogens is 520 g/mol. The van der Waals surface area contributed by atoms with E-state index in [1.54, 1.807) is 11.3 Å². The van der Waals surface area contributed by atoms with Gasteiger partial charge in [-0.15, -0.1) is 0 Å². The third-order valence-electron chi connectivity index (χ3n) is 6.57. The van der Waals surface area contributed by atoms with Gasteiger partial charge in [0.1, 0.15) is 6.04 Å². The van der Waals surface area contributed by atoms with Crippen LogP contribution in [0.3, 0.4) is 0 Å². The molecule has 40 heavy (non-hydrogen) atoms. The van der Waals surface area contributed by atoms with E-state index in [2.05, 4.69) is 55.1 Å². The average molecular weight is 559 g/mol. The highest BCUT2D eigenvalue weighted by Crippen LogP contribution is 2.11. The summed E-state index contributed by atoms with van der Waals surface area (Å²) in [5, 5.41) is 23.8. The molecule has 0 aliphatic rings. The summed E-state index contributed by atoms with van der Waals surface area (Å²) in [6, 6.07) is 21.8. The van der Waals surface area contributed by atoms with E-state index in [9.17, 15) is 9.90 Å². The van der Waals surface area contributed by atoms with Crippen molar-refractivity contribution in [2.75, 3.05) is 26.2 Å². The first-order chi connectivity index (χ1) is 19.7. The standard InChI is InChI=1S/C31H38N6O2S/c38-31(39)30(19-27-11-18-40-24-27)36-20-25-7-9-26(10-8-25)23-37(16-14-32-21-28-5-1-3-12-34-28)17-15-33-22-29-6-2-4-13-35-29/h1-13,18,24,30,32-33,36H,14-17,19-23H2,(H,38,39). The van der Waals surface area contributed by atoms with Crippen LogP contribution in [0.1, 0.15) is 28.1 Å². The van der Waals surface area contributed by atoms with Crippen molar-refractivity contribution in [3.63, 3.8) is 0 Å². The molecule has 0 fully saturated rings. The van der Waals surface area contributed by atoms with Crippen molar-refractivity contribution in [2.24, 2.45) is 0 Å². The lowest BCUT2D eigenvalue weighted by molar-refractivity contribution is -0.139. The van der Waals surface area contributed by atoms with Crippen LogP contribution >= 0.6 is 11.3 Å². The summed E-state index contributed by atoms with van der Waals surface area (Å²) in [4.78, 5) is 22.9. The number of aromatic nitrogens is 2.